The van der Waals surface area contributed by atoms with Crippen LogP contribution in [-0.4, -0.2) is 18.7 Å². The molecule has 13 aromatic rings. The van der Waals surface area contributed by atoms with Gasteiger partial charge in [-0.15, -0.1) is 0 Å². The van der Waals surface area contributed by atoms with Gasteiger partial charge in [0.25, 0.3) is 6.33 Å². The molecule has 0 saturated carbocycles. The van der Waals surface area contributed by atoms with E-state index in [1.54, 1.807) is 42.6 Å². The average molecular weight is 1040 g/mol. The third kappa shape index (κ3) is 9.05. The number of fused-ring (bicyclic) bond motifs is 7. The lowest BCUT2D eigenvalue weighted by molar-refractivity contribution is -0.571. The number of benzene rings is 9. The summed E-state index contributed by atoms with van der Waals surface area (Å²) in [6.45, 7) is 18.5. The van der Waals surface area contributed by atoms with E-state index >= 15 is 0 Å². The summed E-state index contributed by atoms with van der Waals surface area (Å²) in [5, 5.41) is 1.21. The Morgan fingerprint density at radius 2 is 1.16 bits per heavy atom. The summed E-state index contributed by atoms with van der Waals surface area (Å²) >= 11 is 0. The lowest BCUT2D eigenvalue weighted by Crippen LogP contribution is -2.31. The minimum Gasteiger partial charge on any atom is -0.458 e. The summed E-state index contributed by atoms with van der Waals surface area (Å²) < 4.78 is 149. The van der Waals surface area contributed by atoms with Crippen LogP contribution in [0, 0.1) is 11.7 Å². The molecule has 0 radical (unpaired) electrons. The Kier molecular flexibility index (Phi) is 8.46. The molecular weight excluding hydrogens is 963 g/mol. The first-order valence-corrected chi connectivity index (χ1v) is 26.4. The molecule has 6 heteroatoms. The number of rotatable bonds is 9. The largest absolute Gasteiger partial charge is 0.458 e. The molecule has 0 saturated heterocycles. The highest BCUT2D eigenvalue weighted by atomic mass is 16.5. The molecule has 0 amide bonds. The van der Waals surface area contributed by atoms with Crippen LogP contribution in [0.4, 0.5) is 0 Å². The molecule has 0 aliphatic carbocycles. The van der Waals surface area contributed by atoms with Crippen molar-refractivity contribution in [3.05, 3.63) is 241 Å². The summed E-state index contributed by atoms with van der Waals surface area (Å²) in [5.74, 6) is 1.23. The fourth-order valence-electron chi connectivity index (χ4n) is 10.7. The fourth-order valence-corrected chi connectivity index (χ4v) is 10.7. The minimum absolute atomic E-state index is 0.0207. The predicted octanol–water partition coefficient (Wildman–Crippen LogP) is 18.6. The molecule has 0 fully saturated rings. The summed E-state index contributed by atoms with van der Waals surface area (Å²) in [6.07, 6.45) is 3.42. The number of hydrogen-bond donors (Lipinski definition) is 0. The molecule has 0 aliphatic rings. The lowest BCUT2D eigenvalue weighted by atomic mass is 9.78. The van der Waals surface area contributed by atoms with Crippen molar-refractivity contribution in [2.75, 3.05) is 0 Å². The second kappa shape index (κ2) is 18.9. The van der Waals surface area contributed by atoms with Crippen molar-refractivity contribution in [1.82, 2.24) is 18.7 Å². The Hall–Kier alpha value is -9.00. The summed E-state index contributed by atoms with van der Waals surface area (Å²) in [7, 11) is 0. The van der Waals surface area contributed by atoms with Crippen molar-refractivity contribution in [2.45, 2.75) is 79.5 Å². The normalized spacial score (nSPS) is 15.3. The topological polar surface area (TPSA) is 40.8 Å². The van der Waals surface area contributed by atoms with Crippen molar-refractivity contribution in [1.29, 1.82) is 0 Å². The molecule has 0 aliphatic heterocycles. The van der Waals surface area contributed by atoms with E-state index in [1.165, 1.54) is 4.57 Å². The van der Waals surface area contributed by atoms with Crippen molar-refractivity contribution >= 4 is 54.6 Å². The zero-order chi connectivity index (χ0) is 67.5. The lowest BCUT2D eigenvalue weighted by Gasteiger charge is -2.27. The smallest absolute Gasteiger partial charge is 0.269 e. The van der Waals surface area contributed by atoms with Crippen LogP contribution in [-0.2, 0) is 17.2 Å². The number of hydrogen-bond acceptors (Lipinski definition) is 2. The van der Waals surface area contributed by atoms with E-state index in [0.29, 0.717) is 72.8 Å². The third-order valence-electron chi connectivity index (χ3n) is 14.4. The fraction of sp³-hybridized carbons (Fsp3) is 0.178. The van der Waals surface area contributed by atoms with E-state index in [2.05, 4.69) is 66.1 Å². The number of nitrogens with zero attached hydrogens (tertiary/aromatic N) is 5. The molecule has 79 heavy (non-hydrogen) atoms. The number of aromatic nitrogens is 5. The molecule has 4 heterocycles. The number of imidazole rings is 1. The molecular formula is C73H65N5O. The van der Waals surface area contributed by atoms with E-state index in [1.807, 2.05) is 113 Å². The van der Waals surface area contributed by atoms with E-state index in [4.69, 9.17) is 22.1 Å². The van der Waals surface area contributed by atoms with Crippen molar-refractivity contribution in [3.63, 3.8) is 0 Å². The summed E-state index contributed by atoms with van der Waals surface area (Å²) in [4.78, 5) is 4.84. The second-order valence-corrected chi connectivity index (χ2v) is 23.1. The maximum Gasteiger partial charge on any atom is 0.269 e. The molecule has 4 aromatic heterocycles. The van der Waals surface area contributed by atoms with Crippen LogP contribution in [0.3, 0.4) is 0 Å². The van der Waals surface area contributed by atoms with E-state index < -0.39 is 78.3 Å². The Morgan fingerprint density at radius 1 is 0.506 bits per heavy atom. The average Bonchev–Trinajstić information content (AvgIpc) is 1.54. The molecule has 13 rings (SSSR count). The number of para-hydroxylation sites is 5. The first kappa shape index (κ1) is 35.4. The molecule has 388 valence electrons. The van der Waals surface area contributed by atoms with Gasteiger partial charge in [-0.05, 0) is 134 Å². The van der Waals surface area contributed by atoms with Gasteiger partial charge in [0.2, 0.25) is 0 Å². The van der Waals surface area contributed by atoms with Gasteiger partial charge >= 0.3 is 0 Å². The molecule has 6 nitrogen and oxygen atoms in total. The maximum atomic E-state index is 9.30. The Balaban J connectivity index is 0.995. The van der Waals surface area contributed by atoms with Gasteiger partial charge in [0, 0.05) is 42.2 Å². The molecule has 0 atom stereocenters. The van der Waals surface area contributed by atoms with Crippen LogP contribution in [0.25, 0.3) is 99.8 Å². The van der Waals surface area contributed by atoms with E-state index in [0.717, 1.165) is 27.8 Å². The third-order valence-corrected chi connectivity index (χ3v) is 14.4. The molecule has 9 aromatic carbocycles. The highest BCUT2D eigenvalue weighted by Gasteiger charge is 2.26. The van der Waals surface area contributed by atoms with Crippen LogP contribution in [0.1, 0.15) is 99.6 Å². The monoisotopic (exact) mass is 1040 g/mol. The van der Waals surface area contributed by atoms with E-state index in [-0.39, 0.29) is 50.3 Å². The second-order valence-electron chi connectivity index (χ2n) is 23.1. The zero-order valence-electron chi connectivity index (χ0n) is 60.4. The van der Waals surface area contributed by atoms with Gasteiger partial charge in [-0.2, -0.15) is 0 Å². The minimum atomic E-state index is -1.81. The van der Waals surface area contributed by atoms with Gasteiger partial charge < -0.3 is 9.30 Å². The van der Waals surface area contributed by atoms with Crippen LogP contribution in [0.15, 0.2) is 218 Å². The first-order valence-electron chi connectivity index (χ1n) is 33.9. The predicted molar refractivity (Wildman–Crippen MR) is 328 cm³/mol. The summed E-state index contributed by atoms with van der Waals surface area (Å²) in [5.41, 5.74) is 7.51. The standard InChI is InChI=1S/C73H65N5O/c1-71(2,3)46-48-37-38-74-69(39-48)78-65-36-33-54(77-63-29-15-13-25-59(63)60-26-14-16-30-64(60)77)44-62(65)61-35-34-56(45-68(61)78)79-55-24-19-23-53(43-55)75-47-76(67-32-18-17-31-66(67)75)70-57(49-21-11-10-12-22-49)27-20-28-58(70)50-40-51(72(4,5)6)42-52(41-50)73(7,8)9/h10-45H,46H2,1-9H3/i10D,11D,12D,13D,14D,15D,16D,21D,22D,25D,26D,29D,30D,46D2. The highest BCUT2D eigenvalue weighted by molar-refractivity contribution is 6.12. The quantitative estimate of drug-likeness (QED) is 0.107. The Morgan fingerprint density at radius 3 is 1.87 bits per heavy atom. The molecule has 0 N–H and O–H groups in total. The van der Waals surface area contributed by atoms with Gasteiger partial charge in [-0.3, -0.25) is 13.7 Å². The maximum absolute atomic E-state index is 9.30. The van der Waals surface area contributed by atoms with Crippen molar-refractivity contribution in [3.8, 4) is 56.6 Å². The van der Waals surface area contributed by atoms with Crippen LogP contribution in [0.5, 0.6) is 11.5 Å². The zero-order valence-corrected chi connectivity index (χ0v) is 45.4. The number of ether oxygens (including phenoxy) is 1. The van der Waals surface area contributed by atoms with Crippen LogP contribution >= 0.6 is 0 Å². The van der Waals surface area contributed by atoms with Gasteiger partial charge in [0.1, 0.15) is 17.3 Å². The number of pyridine rings is 1. The SMILES string of the molecule is [2H]c1c([2H])c([2H])c(-c2cccc(-c3cc(C(C)(C)C)cc(C(C)(C)C)c3)c2-[n+]2[c-]n(-c3cccc(Oc4ccc5c6cc(-n7c8c([2H])c([2H])c([2H])c([2H])c8c8c([2H])c([2H])c([2H])c([2H])c87)ccc6n(-c6cc(C([2H])([2H])C(C)(C)C)ccn6)c5c4)c3)c3ccccc32)c([2H])c1[2H]. The molecule has 0 bridgehead atoms. The van der Waals surface area contributed by atoms with Crippen molar-refractivity contribution in [2.24, 2.45) is 5.41 Å². The summed E-state index contributed by atoms with van der Waals surface area (Å²) in [6, 6.07) is 35.8. The van der Waals surface area contributed by atoms with E-state index in [9.17, 15) is 8.22 Å². The van der Waals surface area contributed by atoms with Gasteiger partial charge in [-0.25, -0.2) is 4.98 Å². The highest BCUT2D eigenvalue weighted by Crippen LogP contribution is 2.42. The molecule has 0 spiro atoms. The molecule has 0 unspecified atom stereocenters. The Bertz CT molecular complexity index is 5250. The Labute approximate surface area is 484 Å². The first-order chi connectivity index (χ1) is 44.2. The van der Waals surface area contributed by atoms with Gasteiger partial charge in [0.05, 0.1) is 62.3 Å². The van der Waals surface area contributed by atoms with Crippen molar-refractivity contribution < 1.29 is 29.9 Å². The van der Waals surface area contributed by atoms with Gasteiger partial charge in [0.15, 0.2) is 0 Å². The van der Waals surface area contributed by atoms with Gasteiger partial charge in [-0.1, -0.05) is 196 Å². The van der Waals surface area contributed by atoms with Crippen LogP contribution in [0.2, 0.25) is 0 Å². The van der Waals surface area contributed by atoms with Crippen LogP contribution < -0.4 is 9.30 Å².